The maximum Gasteiger partial charge on any atom is 0.411 e. The van der Waals surface area contributed by atoms with Gasteiger partial charge >= 0.3 is 6.09 Å². The Labute approximate surface area is 127 Å². The van der Waals surface area contributed by atoms with E-state index < -0.39 is 21.9 Å². The van der Waals surface area contributed by atoms with Crippen LogP contribution in [0.4, 0.5) is 20.6 Å². The van der Waals surface area contributed by atoms with Crippen molar-refractivity contribution in [3.05, 3.63) is 23.5 Å². The monoisotopic (exact) mass is 333 g/mol. The zero-order valence-electron chi connectivity index (χ0n) is 12.0. The van der Waals surface area contributed by atoms with Crippen molar-refractivity contribution in [2.24, 2.45) is 5.16 Å². The van der Waals surface area contributed by atoms with Gasteiger partial charge in [0.25, 0.3) is 0 Å². The summed E-state index contributed by atoms with van der Waals surface area (Å²) in [5.74, 6) is -1.05. The standard InChI is InChI=1S/C12H16FN3O5S/c1-3-21-12(17)15-11-6-10(16-22(19,20)4-2)8(7-14-18)5-9(11)13/h5-7,16,18H,3-4H2,1-2H3,(H,15,17). The van der Waals surface area contributed by atoms with E-state index in [4.69, 9.17) is 5.21 Å². The van der Waals surface area contributed by atoms with Gasteiger partial charge in [0, 0.05) is 5.56 Å². The molecule has 8 nitrogen and oxygen atoms in total. The van der Waals surface area contributed by atoms with Crippen molar-refractivity contribution >= 4 is 33.7 Å². The fourth-order valence-electron chi connectivity index (χ4n) is 1.46. The molecule has 0 aliphatic carbocycles. The van der Waals surface area contributed by atoms with Crippen molar-refractivity contribution in [3.8, 4) is 0 Å². The third-order valence-electron chi connectivity index (χ3n) is 2.49. The van der Waals surface area contributed by atoms with Crippen LogP contribution in [0.1, 0.15) is 19.4 Å². The van der Waals surface area contributed by atoms with Gasteiger partial charge in [-0.15, -0.1) is 0 Å². The van der Waals surface area contributed by atoms with E-state index in [2.05, 4.69) is 19.9 Å². The van der Waals surface area contributed by atoms with Crippen molar-refractivity contribution in [2.75, 3.05) is 22.4 Å². The Morgan fingerprint density at radius 1 is 1.41 bits per heavy atom. The average Bonchev–Trinajstić information content (AvgIpc) is 2.44. The lowest BCUT2D eigenvalue weighted by atomic mass is 10.1. The van der Waals surface area contributed by atoms with Crippen LogP contribution in [0.25, 0.3) is 0 Å². The molecule has 1 aromatic rings. The number of carbonyl (C=O) groups excluding carboxylic acids is 1. The van der Waals surface area contributed by atoms with Crippen molar-refractivity contribution in [1.29, 1.82) is 0 Å². The van der Waals surface area contributed by atoms with E-state index in [0.717, 1.165) is 18.3 Å². The van der Waals surface area contributed by atoms with Gasteiger partial charge in [-0.1, -0.05) is 5.16 Å². The molecule has 0 atom stereocenters. The van der Waals surface area contributed by atoms with Crippen molar-refractivity contribution in [3.63, 3.8) is 0 Å². The summed E-state index contributed by atoms with van der Waals surface area (Å²) in [6.45, 7) is 3.10. The third-order valence-corrected chi connectivity index (χ3v) is 3.78. The van der Waals surface area contributed by atoms with E-state index in [9.17, 15) is 17.6 Å². The molecule has 1 amide bonds. The van der Waals surface area contributed by atoms with Gasteiger partial charge in [0.15, 0.2) is 0 Å². The highest BCUT2D eigenvalue weighted by Crippen LogP contribution is 2.25. The number of carbonyl (C=O) groups is 1. The second-order valence-electron chi connectivity index (χ2n) is 4.01. The minimum absolute atomic E-state index is 0.00793. The fraction of sp³-hybridized carbons (Fsp3) is 0.333. The van der Waals surface area contributed by atoms with E-state index in [1.807, 2.05) is 0 Å². The molecule has 0 heterocycles. The summed E-state index contributed by atoms with van der Waals surface area (Å²) >= 11 is 0. The number of rotatable bonds is 6. The SMILES string of the molecule is CCOC(=O)Nc1cc(NS(=O)(=O)CC)c(C=NO)cc1F. The van der Waals surface area contributed by atoms with E-state index in [-0.39, 0.29) is 29.3 Å². The lowest BCUT2D eigenvalue weighted by Gasteiger charge is -2.13. The molecule has 1 aromatic carbocycles. The Bertz CT molecular complexity index is 676. The summed E-state index contributed by atoms with van der Waals surface area (Å²) in [6.07, 6.45) is -0.0145. The smallest absolute Gasteiger partial charge is 0.411 e. The van der Waals surface area contributed by atoms with Crippen LogP contribution in [0.3, 0.4) is 0 Å². The number of ether oxygens (including phenoxy) is 1. The first-order valence-corrected chi connectivity index (χ1v) is 7.93. The van der Waals surface area contributed by atoms with Crippen LogP contribution < -0.4 is 10.0 Å². The Hall–Kier alpha value is -2.36. The minimum atomic E-state index is -3.64. The maximum atomic E-state index is 13.9. The average molecular weight is 333 g/mol. The highest BCUT2D eigenvalue weighted by Gasteiger charge is 2.15. The van der Waals surface area contributed by atoms with Gasteiger partial charge in [-0.3, -0.25) is 10.0 Å². The first kappa shape index (κ1) is 17.7. The Morgan fingerprint density at radius 3 is 2.64 bits per heavy atom. The van der Waals surface area contributed by atoms with Crippen molar-refractivity contribution in [1.82, 2.24) is 0 Å². The lowest BCUT2D eigenvalue weighted by molar-refractivity contribution is 0.168. The van der Waals surface area contributed by atoms with E-state index in [1.165, 1.54) is 6.92 Å². The van der Waals surface area contributed by atoms with Crippen LogP contribution in [-0.4, -0.2) is 38.3 Å². The molecule has 0 aromatic heterocycles. The molecule has 0 saturated heterocycles. The van der Waals surface area contributed by atoms with Gasteiger partial charge in [0.1, 0.15) is 5.82 Å². The number of hydrogen-bond acceptors (Lipinski definition) is 6. The molecule has 0 fully saturated rings. The summed E-state index contributed by atoms with van der Waals surface area (Å²) in [6, 6.07) is 1.98. The number of nitrogens with zero attached hydrogens (tertiary/aromatic N) is 1. The van der Waals surface area contributed by atoms with Crippen molar-refractivity contribution in [2.45, 2.75) is 13.8 Å². The zero-order valence-corrected chi connectivity index (χ0v) is 12.8. The Kier molecular flexibility index (Phi) is 6.11. The van der Waals surface area contributed by atoms with Gasteiger partial charge in [-0.05, 0) is 26.0 Å². The molecule has 0 aliphatic heterocycles. The molecule has 0 bridgehead atoms. The minimum Gasteiger partial charge on any atom is -0.450 e. The van der Waals surface area contributed by atoms with Crippen LogP contribution >= 0.6 is 0 Å². The lowest BCUT2D eigenvalue weighted by Crippen LogP contribution is -2.18. The molecule has 3 N–H and O–H groups in total. The van der Waals surface area contributed by atoms with Gasteiger partial charge in [-0.25, -0.2) is 17.6 Å². The first-order chi connectivity index (χ1) is 10.3. The molecule has 22 heavy (non-hydrogen) atoms. The Balaban J connectivity index is 3.24. The second-order valence-corrected chi connectivity index (χ2v) is 6.03. The molecular weight excluding hydrogens is 317 g/mol. The van der Waals surface area contributed by atoms with E-state index in [1.54, 1.807) is 6.92 Å². The number of oxime groups is 1. The van der Waals surface area contributed by atoms with Crippen LogP contribution in [0, 0.1) is 5.82 Å². The number of sulfonamides is 1. The normalized spacial score (nSPS) is 11.4. The number of halogens is 1. The van der Waals surface area contributed by atoms with E-state index >= 15 is 0 Å². The fourth-order valence-corrected chi connectivity index (χ4v) is 2.11. The van der Waals surface area contributed by atoms with E-state index in [0.29, 0.717) is 0 Å². The predicted molar refractivity (Wildman–Crippen MR) is 79.5 cm³/mol. The van der Waals surface area contributed by atoms with Gasteiger partial charge in [-0.2, -0.15) is 0 Å². The Morgan fingerprint density at radius 2 is 2.09 bits per heavy atom. The topological polar surface area (TPSA) is 117 Å². The molecule has 0 saturated carbocycles. The molecule has 0 aliphatic rings. The van der Waals surface area contributed by atoms with Crippen LogP contribution in [0.5, 0.6) is 0 Å². The predicted octanol–water partition coefficient (Wildman–Crippen LogP) is 1.96. The molecular formula is C12H16FN3O5S. The molecule has 122 valence electrons. The largest absolute Gasteiger partial charge is 0.450 e. The summed E-state index contributed by atoms with van der Waals surface area (Å²) in [5.41, 5.74) is -0.332. The van der Waals surface area contributed by atoms with Gasteiger partial charge in [0.2, 0.25) is 10.0 Å². The number of anilines is 2. The van der Waals surface area contributed by atoms with Crippen molar-refractivity contribution < 1.29 is 27.5 Å². The van der Waals surface area contributed by atoms with Crippen LogP contribution in [-0.2, 0) is 14.8 Å². The quantitative estimate of drug-likeness (QED) is 0.418. The second kappa shape index (κ2) is 7.59. The zero-order chi connectivity index (χ0) is 16.8. The van der Waals surface area contributed by atoms with Crippen LogP contribution in [0.2, 0.25) is 0 Å². The molecule has 1 rings (SSSR count). The molecule has 0 spiro atoms. The first-order valence-electron chi connectivity index (χ1n) is 6.28. The van der Waals surface area contributed by atoms with Gasteiger partial charge in [0.05, 0.1) is 29.9 Å². The highest BCUT2D eigenvalue weighted by atomic mass is 32.2. The number of benzene rings is 1. The molecule has 10 heteroatoms. The summed E-state index contributed by atoms with van der Waals surface area (Å²) in [7, 11) is -3.64. The summed E-state index contributed by atoms with van der Waals surface area (Å²) in [4.78, 5) is 11.3. The summed E-state index contributed by atoms with van der Waals surface area (Å²) < 4.78 is 43.9. The van der Waals surface area contributed by atoms with Crippen LogP contribution in [0.15, 0.2) is 17.3 Å². The highest BCUT2D eigenvalue weighted by molar-refractivity contribution is 7.92. The third kappa shape index (κ3) is 4.88. The molecule has 0 radical (unpaired) electrons. The summed E-state index contributed by atoms with van der Waals surface area (Å²) in [5, 5.41) is 13.4. The maximum absolute atomic E-state index is 13.9. The van der Waals surface area contributed by atoms with Gasteiger partial charge < -0.3 is 9.94 Å². The number of amides is 1. The number of hydrogen-bond donors (Lipinski definition) is 3. The molecule has 0 unspecified atom stereocenters. The number of nitrogens with one attached hydrogen (secondary N) is 2.